The number of hydrazine groups is 1. The zero-order valence-corrected chi connectivity index (χ0v) is 31.1. The average molecular weight is 707 g/mol. The number of allylic oxidation sites excluding steroid dienone is 12. The first-order chi connectivity index (χ1) is 24.7. The number of carbonyl (C=O) groups is 3. The summed E-state index contributed by atoms with van der Waals surface area (Å²) in [4.78, 5) is 37.8. The molecule has 0 unspecified atom stereocenters. The number of unbranched alkanes of at least 4 members (excludes halogenated alkanes) is 4. The smallest absolute Gasteiger partial charge is 0.328 e. The van der Waals surface area contributed by atoms with Crippen molar-refractivity contribution in [1.29, 1.82) is 0 Å². The molecule has 0 saturated carbocycles. The maximum Gasteiger partial charge on any atom is 0.328 e. The molecular formula is C42H62N2O7. The van der Waals surface area contributed by atoms with Crippen molar-refractivity contribution in [2.45, 2.75) is 123 Å². The van der Waals surface area contributed by atoms with E-state index in [1.54, 1.807) is 13.0 Å². The summed E-state index contributed by atoms with van der Waals surface area (Å²) in [5, 5.41) is 19.6. The summed E-state index contributed by atoms with van der Waals surface area (Å²) in [6.07, 6.45) is 37.3. The number of ether oxygens (including phenoxy) is 2. The van der Waals surface area contributed by atoms with Gasteiger partial charge in [0.05, 0.1) is 0 Å². The predicted octanol–water partition coefficient (Wildman–Crippen LogP) is 8.94. The number of aromatic hydroxyl groups is 2. The summed E-state index contributed by atoms with van der Waals surface area (Å²) in [6, 6.07) is 4.23. The fourth-order valence-electron chi connectivity index (χ4n) is 4.77. The minimum Gasteiger partial charge on any atom is -0.504 e. The molecule has 0 aliphatic heterocycles. The van der Waals surface area contributed by atoms with Crippen LogP contribution in [-0.2, 0) is 30.3 Å². The lowest BCUT2D eigenvalue weighted by molar-refractivity contribution is -0.157. The molecule has 0 aliphatic carbocycles. The molecule has 0 aliphatic rings. The second-order valence-electron chi connectivity index (χ2n) is 12.5. The van der Waals surface area contributed by atoms with E-state index in [-0.39, 0.29) is 49.4 Å². The van der Waals surface area contributed by atoms with Gasteiger partial charge in [0, 0.05) is 19.3 Å². The molecule has 4 N–H and O–H groups in total. The first kappa shape index (κ1) is 44.7. The molecule has 282 valence electrons. The van der Waals surface area contributed by atoms with Crippen molar-refractivity contribution in [3.05, 3.63) is 96.7 Å². The molecule has 9 nitrogen and oxygen atoms in total. The van der Waals surface area contributed by atoms with E-state index >= 15 is 0 Å². The Morgan fingerprint density at radius 1 is 0.686 bits per heavy atom. The summed E-state index contributed by atoms with van der Waals surface area (Å²) in [5.41, 5.74) is 4.52. The van der Waals surface area contributed by atoms with Crippen molar-refractivity contribution in [3.63, 3.8) is 0 Å². The van der Waals surface area contributed by atoms with Crippen LogP contribution in [0.1, 0.15) is 116 Å². The van der Waals surface area contributed by atoms with Gasteiger partial charge in [-0.15, -0.1) is 0 Å². The fraction of sp³-hybridized carbons (Fsp3) is 0.500. The van der Waals surface area contributed by atoms with E-state index in [0.29, 0.717) is 18.4 Å². The highest BCUT2D eigenvalue weighted by Crippen LogP contribution is 2.27. The quantitative estimate of drug-likeness (QED) is 0.0223. The molecule has 1 aromatic rings. The summed E-state index contributed by atoms with van der Waals surface area (Å²) in [5.74, 6) is -1.93. The van der Waals surface area contributed by atoms with Gasteiger partial charge in [0.25, 0.3) is 0 Å². The molecule has 0 spiro atoms. The number of rotatable bonds is 28. The third-order valence-electron chi connectivity index (χ3n) is 7.72. The minimum atomic E-state index is -1.42. The summed E-state index contributed by atoms with van der Waals surface area (Å²) in [7, 11) is 0. The Labute approximate surface area is 306 Å². The van der Waals surface area contributed by atoms with Crippen molar-refractivity contribution in [3.8, 4) is 11.5 Å². The number of phenolic OH excluding ortho intramolecular Hbond substituents is 2. The van der Waals surface area contributed by atoms with Crippen LogP contribution < -0.4 is 10.9 Å². The van der Waals surface area contributed by atoms with Crippen molar-refractivity contribution in [1.82, 2.24) is 10.9 Å². The number of amides is 1. The lowest BCUT2D eigenvalue weighted by Gasteiger charge is -2.29. The topological polar surface area (TPSA) is 134 Å². The van der Waals surface area contributed by atoms with Crippen LogP contribution in [-0.4, -0.2) is 46.8 Å². The van der Waals surface area contributed by atoms with Gasteiger partial charge in [-0.05, 0) is 76.0 Å². The van der Waals surface area contributed by atoms with E-state index in [1.807, 2.05) is 12.2 Å². The molecule has 0 radical (unpaired) electrons. The van der Waals surface area contributed by atoms with Gasteiger partial charge < -0.3 is 19.7 Å². The zero-order valence-electron chi connectivity index (χ0n) is 31.1. The van der Waals surface area contributed by atoms with Crippen LogP contribution in [0.4, 0.5) is 0 Å². The van der Waals surface area contributed by atoms with Gasteiger partial charge in [-0.1, -0.05) is 119 Å². The third-order valence-corrected chi connectivity index (χ3v) is 7.72. The van der Waals surface area contributed by atoms with Gasteiger partial charge in [-0.3, -0.25) is 15.0 Å². The monoisotopic (exact) mass is 706 g/mol. The zero-order chi connectivity index (χ0) is 37.4. The Bertz CT molecular complexity index is 1310. The van der Waals surface area contributed by atoms with E-state index < -0.39 is 11.5 Å². The molecule has 0 saturated heterocycles. The predicted molar refractivity (Wildman–Crippen MR) is 206 cm³/mol. The van der Waals surface area contributed by atoms with E-state index in [2.05, 4.69) is 85.5 Å². The van der Waals surface area contributed by atoms with Crippen LogP contribution in [0.3, 0.4) is 0 Å². The normalized spacial score (nSPS) is 13.3. The standard InChI is InChI=1S/C42H62N2O7/c1-4-6-8-10-11-12-13-14-15-16-17-18-19-20-21-22-23-25-26-28-39(47)43-44-42(3,35-36-30-31-37(45)38(46)34-36)41(49)51-33-32-50-40(48)29-27-24-9-7-5-2/h6,8,11-12,14-15,17-18,20-21,23,25,30-31,34,44-46H,4-5,7,9-10,13,16,19,22,24,26-29,32-33,35H2,1-3H3,(H,43,47)/b8-6-,12-11-,15-14-,18-17-,21-20-,25-23-/t42-/m0/s1. The van der Waals surface area contributed by atoms with Crippen LogP contribution in [0.15, 0.2) is 91.1 Å². The van der Waals surface area contributed by atoms with Gasteiger partial charge in [-0.25, -0.2) is 10.2 Å². The number of benzene rings is 1. The van der Waals surface area contributed by atoms with E-state index in [1.165, 1.54) is 12.1 Å². The number of phenols is 2. The van der Waals surface area contributed by atoms with Gasteiger partial charge in [0.1, 0.15) is 18.8 Å². The van der Waals surface area contributed by atoms with Crippen LogP contribution in [0.25, 0.3) is 0 Å². The Morgan fingerprint density at radius 3 is 1.80 bits per heavy atom. The molecule has 51 heavy (non-hydrogen) atoms. The number of carbonyl (C=O) groups excluding carboxylic acids is 3. The number of nitrogens with one attached hydrogen (secondary N) is 2. The lowest BCUT2D eigenvalue weighted by Crippen LogP contribution is -2.59. The molecule has 1 rings (SSSR count). The molecule has 0 aromatic heterocycles. The van der Waals surface area contributed by atoms with E-state index in [4.69, 9.17) is 9.47 Å². The Balaban J connectivity index is 2.44. The van der Waals surface area contributed by atoms with Gasteiger partial charge in [-0.2, -0.15) is 0 Å². The first-order valence-corrected chi connectivity index (χ1v) is 18.5. The van der Waals surface area contributed by atoms with E-state index in [0.717, 1.165) is 70.6 Å². The van der Waals surface area contributed by atoms with Crippen molar-refractivity contribution >= 4 is 17.8 Å². The molecule has 0 fully saturated rings. The molecule has 9 heteroatoms. The number of hydrogen-bond donors (Lipinski definition) is 4. The first-order valence-electron chi connectivity index (χ1n) is 18.5. The van der Waals surface area contributed by atoms with Crippen LogP contribution in [0.2, 0.25) is 0 Å². The van der Waals surface area contributed by atoms with Crippen molar-refractivity contribution in [2.24, 2.45) is 0 Å². The van der Waals surface area contributed by atoms with Gasteiger partial charge in [0.2, 0.25) is 5.91 Å². The summed E-state index contributed by atoms with van der Waals surface area (Å²) < 4.78 is 10.6. The van der Waals surface area contributed by atoms with Crippen molar-refractivity contribution < 1.29 is 34.1 Å². The summed E-state index contributed by atoms with van der Waals surface area (Å²) >= 11 is 0. The number of hydrogen-bond acceptors (Lipinski definition) is 8. The molecule has 0 heterocycles. The largest absolute Gasteiger partial charge is 0.504 e. The molecule has 1 amide bonds. The Morgan fingerprint density at radius 2 is 1.24 bits per heavy atom. The van der Waals surface area contributed by atoms with Crippen LogP contribution >= 0.6 is 0 Å². The molecule has 1 atom stereocenters. The average Bonchev–Trinajstić information content (AvgIpc) is 3.11. The highest BCUT2D eigenvalue weighted by molar-refractivity contribution is 5.82. The maximum atomic E-state index is 13.2. The molecule has 0 bridgehead atoms. The number of esters is 2. The second-order valence-corrected chi connectivity index (χ2v) is 12.5. The summed E-state index contributed by atoms with van der Waals surface area (Å²) in [6.45, 7) is 5.61. The SMILES string of the molecule is CC/C=C\C/C=C\C/C=C\C/C=C\C/C=C\C/C=C\CCC(=O)NN[C@@](C)(Cc1ccc(O)c(O)c1)C(=O)OCCOC(=O)CCCCCCC. The maximum absolute atomic E-state index is 13.2. The van der Waals surface area contributed by atoms with Crippen LogP contribution in [0.5, 0.6) is 11.5 Å². The fourth-order valence-corrected chi connectivity index (χ4v) is 4.77. The third kappa shape index (κ3) is 23.6. The minimum absolute atomic E-state index is 0.0324. The highest BCUT2D eigenvalue weighted by Gasteiger charge is 2.36. The van der Waals surface area contributed by atoms with Gasteiger partial charge >= 0.3 is 11.9 Å². The van der Waals surface area contributed by atoms with Crippen molar-refractivity contribution in [2.75, 3.05) is 13.2 Å². The molecular weight excluding hydrogens is 644 g/mol. The lowest BCUT2D eigenvalue weighted by atomic mass is 9.93. The Hall–Kier alpha value is -4.37. The highest BCUT2D eigenvalue weighted by atomic mass is 16.6. The molecule has 1 aromatic carbocycles. The second kappa shape index (κ2) is 29.4. The Kier molecular flexibility index (Phi) is 25.7. The van der Waals surface area contributed by atoms with Crippen LogP contribution in [0, 0.1) is 0 Å². The van der Waals surface area contributed by atoms with E-state index in [9.17, 15) is 24.6 Å². The van der Waals surface area contributed by atoms with Gasteiger partial charge in [0.15, 0.2) is 11.5 Å².